The summed E-state index contributed by atoms with van der Waals surface area (Å²) in [5.74, 6) is -1.97. The molecule has 4 aromatic heterocycles. The molecular weight excluding hydrogens is 1120 g/mol. The number of ether oxygens (including phenoxy) is 2. The fourth-order valence-corrected chi connectivity index (χ4v) is 13.0. The Bertz CT molecular complexity index is 3360. The second-order valence-corrected chi connectivity index (χ2v) is 24.5. The third kappa shape index (κ3) is 13.1. The summed E-state index contributed by atoms with van der Waals surface area (Å²) in [4.78, 5) is 70.5. The number of rotatable bonds is 18. The van der Waals surface area contributed by atoms with Gasteiger partial charge in [0.25, 0.3) is 5.91 Å². The van der Waals surface area contributed by atoms with Crippen molar-refractivity contribution in [3.8, 4) is 33.5 Å². The normalized spacial score (nSPS) is 20.9. The van der Waals surface area contributed by atoms with Crippen LogP contribution >= 0.6 is 22.9 Å². The molecule has 18 nitrogen and oxygen atoms in total. The minimum atomic E-state index is -4.89. The number of β-amino-alcohol motifs (C(OH)–C–C–N with tert-alkyl or cyclic N) is 1. The van der Waals surface area contributed by atoms with Gasteiger partial charge in [0.05, 0.1) is 62.9 Å². The van der Waals surface area contributed by atoms with Crippen LogP contribution < -0.4 is 36.1 Å². The molecule has 4 fully saturated rings. The lowest BCUT2D eigenvalue weighted by atomic mass is 9.85. The lowest BCUT2D eigenvalue weighted by molar-refractivity contribution is -0.142. The number of unbranched alkanes of at least 4 members (excludes halogenated alkanes) is 1. The first-order valence-corrected chi connectivity index (χ1v) is 29.4. The predicted molar refractivity (Wildman–Crippen MR) is 309 cm³/mol. The van der Waals surface area contributed by atoms with Crippen LogP contribution in [0.25, 0.3) is 32.6 Å². The molecule has 2 bridgehead atoms. The quantitative estimate of drug-likeness (QED) is 0.0400. The summed E-state index contributed by atoms with van der Waals surface area (Å²) in [6.45, 7) is 13.7. The van der Waals surface area contributed by atoms with Crippen molar-refractivity contribution in [3.63, 3.8) is 0 Å². The highest BCUT2D eigenvalue weighted by atomic mass is 35.5. The average molecular weight is 1190 g/mol. The molecular formula is C59H69ClF4N12O6S. The van der Waals surface area contributed by atoms with E-state index in [2.05, 4.69) is 40.8 Å². The van der Waals surface area contributed by atoms with Crippen LogP contribution in [0.3, 0.4) is 0 Å². The molecule has 10 rings (SSSR count). The number of thiazole rings is 1. The molecule has 6 N–H and O–H groups in total. The van der Waals surface area contributed by atoms with Gasteiger partial charge in [0.1, 0.15) is 47.3 Å². The van der Waals surface area contributed by atoms with E-state index in [9.17, 15) is 32.7 Å². The fourth-order valence-electron chi connectivity index (χ4n) is 11.9. The van der Waals surface area contributed by atoms with Gasteiger partial charge in [0.2, 0.25) is 11.8 Å². The van der Waals surface area contributed by atoms with E-state index >= 15 is 4.39 Å². The van der Waals surface area contributed by atoms with Crippen LogP contribution in [0.5, 0.6) is 11.8 Å². The Balaban J connectivity index is 0.731. The number of fused-ring (bicyclic) bond motifs is 3. The number of anilines is 2. The Morgan fingerprint density at radius 3 is 2.37 bits per heavy atom. The number of halogens is 5. The first-order valence-electron chi connectivity index (χ1n) is 28.1. The third-order valence-corrected chi connectivity index (χ3v) is 17.4. The average Bonchev–Trinajstić information content (AvgIpc) is 1.79. The number of aromatic nitrogens is 5. The Morgan fingerprint density at radius 2 is 1.70 bits per heavy atom. The molecule has 4 saturated heterocycles. The van der Waals surface area contributed by atoms with Crippen LogP contribution in [-0.2, 0) is 15.8 Å². The van der Waals surface area contributed by atoms with Crippen molar-refractivity contribution >= 4 is 63.2 Å². The number of aryl methyl sites for hydroxylation is 2. The number of aliphatic hydroxyl groups excluding tert-OH is 1. The number of alkyl halides is 3. The molecule has 24 heteroatoms. The number of carbonyl (C=O) groups excluding carboxylic acids is 3. The Labute approximate surface area is 487 Å². The topological polar surface area (TPSA) is 226 Å². The van der Waals surface area contributed by atoms with Crippen molar-refractivity contribution in [1.29, 1.82) is 0 Å². The number of amides is 3. The Kier molecular flexibility index (Phi) is 17.5. The van der Waals surface area contributed by atoms with E-state index in [1.165, 1.54) is 30.2 Å². The van der Waals surface area contributed by atoms with Gasteiger partial charge in [-0.1, -0.05) is 56.6 Å². The Morgan fingerprint density at radius 1 is 0.952 bits per heavy atom. The number of hydrogen-bond acceptors (Lipinski definition) is 16. The summed E-state index contributed by atoms with van der Waals surface area (Å²) in [7, 11) is 0. The van der Waals surface area contributed by atoms with E-state index in [1.807, 2.05) is 63.8 Å². The minimum absolute atomic E-state index is 0.0184. The van der Waals surface area contributed by atoms with Crippen LogP contribution in [0.15, 0.2) is 60.2 Å². The molecule has 0 saturated carbocycles. The van der Waals surface area contributed by atoms with E-state index in [0.717, 1.165) is 73.0 Å². The summed E-state index contributed by atoms with van der Waals surface area (Å²) in [6.07, 6.45) is 0.815. The van der Waals surface area contributed by atoms with Gasteiger partial charge in [-0.25, -0.2) is 19.3 Å². The first kappa shape index (κ1) is 59.4. The smallest absolute Gasteiger partial charge is 0.418 e. The Hall–Kier alpha value is -6.79. The third-order valence-electron chi connectivity index (χ3n) is 16.1. The van der Waals surface area contributed by atoms with Crippen molar-refractivity contribution in [1.82, 2.24) is 50.7 Å². The monoisotopic (exact) mass is 1180 g/mol. The van der Waals surface area contributed by atoms with Gasteiger partial charge in [-0.05, 0) is 119 Å². The number of likely N-dealkylation sites (tertiary alicyclic amines) is 2. The molecule has 0 radical (unpaired) electrons. The second kappa shape index (κ2) is 24.4. The molecule has 4 aliphatic heterocycles. The van der Waals surface area contributed by atoms with Crippen LogP contribution in [0.2, 0.25) is 5.02 Å². The summed E-state index contributed by atoms with van der Waals surface area (Å²) < 4.78 is 72.8. The molecule has 8 heterocycles. The SMILES string of the molecule is Cc1cc(N)nc(-c2c(Cl)cc3c(N4CC5CCC(C4)N5)nc(OC[C@@H]4CCCN4CCCCOc4ccc(C(=O)N[C@H](C(=O)N5C[C@H](O)C[C@H]5C(=O)N[C@@H](C)c5ccc(-c6scnc6C)cc5)C(C)(C)C)nc4)nc3c2F)c1C(F)(F)F. The molecule has 0 spiro atoms. The number of nitrogens with two attached hydrogens (primary N) is 1. The van der Waals surface area contributed by atoms with Crippen LogP contribution in [0.1, 0.15) is 112 Å². The van der Waals surface area contributed by atoms with Crippen molar-refractivity contribution < 1.29 is 46.5 Å². The predicted octanol–water partition coefficient (Wildman–Crippen LogP) is 8.85. The van der Waals surface area contributed by atoms with Gasteiger partial charge >= 0.3 is 12.2 Å². The minimum Gasteiger partial charge on any atom is -0.492 e. The van der Waals surface area contributed by atoms with Crippen molar-refractivity contribution in [2.24, 2.45) is 5.41 Å². The zero-order valence-electron chi connectivity index (χ0n) is 47.2. The van der Waals surface area contributed by atoms with Crippen LogP contribution in [0.4, 0.5) is 29.2 Å². The van der Waals surface area contributed by atoms with Crippen molar-refractivity contribution in [2.45, 2.75) is 135 Å². The van der Waals surface area contributed by atoms with Crippen LogP contribution in [-0.4, -0.2) is 140 Å². The van der Waals surface area contributed by atoms with Gasteiger partial charge < -0.3 is 46.1 Å². The number of benzene rings is 2. The van der Waals surface area contributed by atoms with Gasteiger partial charge in [0.15, 0.2) is 5.82 Å². The molecule has 2 unspecified atom stereocenters. The standard InChI is InChI=1S/C59H69ClF4N12O6S/c1-31-22-45(65)70-50(47(31)59(62,63)64)46-42(60)24-41-49(48(46)61)71-57(73-53(41)75-26-36-15-16-37(27-75)69-36)82-29-38-10-9-20-74(38)19-7-8-21-81-40-17-18-43(66-25-40)54(78)72-52(58(4,5)6)56(80)76-28-39(77)23-44(76)55(79)68-32(2)34-11-13-35(14-12-34)51-33(3)67-30-83-51/h11-14,17-18,22,24-25,30,32,36-39,44,52,69,77H,7-10,15-16,19-21,23,26-29H2,1-6H3,(H2,65,70)(H,68,79)(H,72,78)/t32-,36?,37?,38-,39+,44-,52+/m0/s1. The van der Waals surface area contributed by atoms with Crippen molar-refractivity contribution in [3.05, 3.63) is 99.2 Å². The van der Waals surface area contributed by atoms with Gasteiger partial charge in [-0.15, -0.1) is 11.3 Å². The molecule has 7 atom stereocenters. The van der Waals surface area contributed by atoms with Gasteiger partial charge in [0, 0.05) is 49.6 Å². The molecule has 83 heavy (non-hydrogen) atoms. The van der Waals surface area contributed by atoms with E-state index in [-0.39, 0.29) is 82.8 Å². The van der Waals surface area contributed by atoms with Crippen LogP contribution in [0, 0.1) is 25.1 Å². The number of nitrogens with zero attached hydrogens (tertiary/aromatic N) is 8. The lowest BCUT2D eigenvalue weighted by Crippen LogP contribution is -2.58. The zero-order chi connectivity index (χ0) is 59.1. The number of carbonyl (C=O) groups is 3. The van der Waals surface area contributed by atoms with E-state index in [1.54, 1.807) is 22.9 Å². The summed E-state index contributed by atoms with van der Waals surface area (Å²) in [6, 6.07) is 11.3. The second-order valence-electron chi connectivity index (χ2n) is 23.3. The molecule has 4 aliphatic rings. The van der Waals surface area contributed by atoms with Crippen molar-refractivity contribution in [2.75, 3.05) is 56.6 Å². The first-order chi connectivity index (χ1) is 39.5. The van der Waals surface area contributed by atoms with Gasteiger partial charge in [-0.3, -0.25) is 19.3 Å². The number of pyridine rings is 2. The zero-order valence-corrected chi connectivity index (χ0v) is 48.7. The fraction of sp³-hybridized carbons (Fsp3) is 0.492. The largest absolute Gasteiger partial charge is 0.492 e. The number of piperazine rings is 1. The van der Waals surface area contributed by atoms with E-state index < -0.39 is 70.1 Å². The van der Waals surface area contributed by atoms with Gasteiger partial charge in [-0.2, -0.15) is 23.1 Å². The summed E-state index contributed by atoms with van der Waals surface area (Å²) in [5.41, 5.74) is 6.95. The number of nitrogens with one attached hydrogen (secondary N) is 3. The molecule has 0 aliphatic carbocycles. The summed E-state index contributed by atoms with van der Waals surface area (Å²) >= 11 is 8.25. The maximum atomic E-state index is 17.0. The highest BCUT2D eigenvalue weighted by molar-refractivity contribution is 7.13. The number of nitrogen functional groups attached to an aromatic ring is 1. The number of hydrogen-bond donors (Lipinski definition) is 5. The molecule has 2 aromatic carbocycles. The highest BCUT2D eigenvalue weighted by Gasteiger charge is 2.45. The lowest BCUT2D eigenvalue weighted by Gasteiger charge is -2.35. The van der Waals surface area contributed by atoms with E-state index in [4.69, 9.17) is 31.8 Å². The maximum Gasteiger partial charge on any atom is 0.418 e. The summed E-state index contributed by atoms with van der Waals surface area (Å²) in [5, 5.41) is 20.2. The molecule has 442 valence electrons. The molecule has 6 aromatic rings. The maximum absolute atomic E-state index is 17.0. The highest BCUT2D eigenvalue weighted by Crippen LogP contribution is 2.45. The van der Waals surface area contributed by atoms with E-state index in [0.29, 0.717) is 37.7 Å². The molecule has 3 amide bonds. The number of aliphatic hydroxyl groups is 1.